The maximum absolute atomic E-state index is 12.3. The lowest BCUT2D eigenvalue weighted by atomic mass is 10.1. The molecule has 1 aliphatic rings. The minimum Gasteiger partial charge on any atom is -0.489 e. The van der Waals surface area contributed by atoms with E-state index in [1.807, 2.05) is 20.8 Å². The third kappa shape index (κ3) is 7.84. The number of anilines is 1. The van der Waals surface area contributed by atoms with E-state index in [9.17, 15) is 14.4 Å². The number of amides is 1. The first kappa shape index (κ1) is 24.0. The van der Waals surface area contributed by atoms with Crippen LogP contribution in [0, 0.1) is 0 Å². The SMILES string of the molecule is COC(=O)/C=C(/Nc1ccc(OC2CCCN(C(=O)OC(C)(C)C)C2)cc1)C(=O)OC. The number of rotatable bonds is 6. The average Bonchev–Trinajstić information content (AvgIpc) is 2.73. The summed E-state index contributed by atoms with van der Waals surface area (Å²) < 4.78 is 20.7. The number of nitrogens with zero attached hydrogens (tertiary/aromatic N) is 1. The van der Waals surface area contributed by atoms with Crippen LogP contribution in [0.25, 0.3) is 0 Å². The van der Waals surface area contributed by atoms with E-state index in [1.165, 1.54) is 14.2 Å². The van der Waals surface area contributed by atoms with Crippen LogP contribution < -0.4 is 10.1 Å². The van der Waals surface area contributed by atoms with Crippen LogP contribution >= 0.6 is 0 Å². The van der Waals surface area contributed by atoms with Gasteiger partial charge < -0.3 is 29.2 Å². The number of hydrogen-bond acceptors (Lipinski definition) is 8. The van der Waals surface area contributed by atoms with Gasteiger partial charge in [0, 0.05) is 12.2 Å². The molecule has 1 fully saturated rings. The molecule has 170 valence electrons. The summed E-state index contributed by atoms with van der Waals surface area (Å²) in [6.07, 6.45) is 2.18. The molecular weight excluding hydrogens is 404 g/mol. The number of carbonyl (C=O) groups is 3. The summed E-state index contributed by atoms with van der Waals surface area (Å²) in [6.45, 7) is 6.60. The van der Waals surface area contributed by atoms with Crippen LogP contribution in [0.15, 0.2) is 36.0 Å². The summed E-state index contributed by atoms with van der Waals surface area (Å²) in [4.78, 5) is 37.3. The van der Waals surface area contributed by atoms with Crippen molar-refractivity contribution in [2.45, 2.75) is 45.3 Å². The normalized spacial score (nSPS) is 16.9. The second-order valence-corrected chi connectivity index (χ2v) is 8.03. The summed E-state index contributed by atoms with van der Waals surface area (Å²) in [5.74, 6) is -0.756. The molecule has 1 saturated heterocycles. The van der Waals surface area contributed by atoms with Crippen molar-refractivity contribution < 1.29 is 33.3 Å². The zero-order chi connectivity index (χ0) is 23.0. The number of esters is 2. The molecule has 0 aliphatic carbocycles. The van der Waals surface area contributed by atoms with Crippen molar-refractivity contribution in [3.05, 3.63) is 36.0 Å². The molecule has 1 aromatic rings. The maximum Gasteiger partial charge on any atom is 0.410 e. The fourth-order valence-electron chi connectivity index (χ4n) is 2.92. The fourth-order valence-corrected chi connectivity index (χ4v) is 2.92. The molecule has 0 saturated carbocycles. The van der Waals surface area contributed by atoms with E-state index in [4.69, 9.17) is 9.47 Å². The number of nitrogens with one attached hydrogen (secondary N) is 1. The Labute approximate surface area is 182 Å². The van der Waals surface area contributed by atoms with Gasteiger partial charge in [-0.15, -0.1) is 0 Å². The van der Waals surface area contributed by atoms with Gasteiger partial charge in [-0.3, -0.25) is 0 Å². The second kappa shape index (κ2) is 10.7. The van der Waals surface area contributed by atoms with Crippen molar-refractivity contribution in [1.29, 1.82) is 0 Å². The van der Waals surface area contributed by atoms with Gasteiger partial charge in [0.25, 0.3) is 0 Å². The highest BCUT2D eigenvalue weighted by Crippen LogP contribution is 2.22. The highest BCUT2D eigenvalue weighted by molar-refractivity contribution is 5.98. The number of likely N-dealkylation sites (tertiary alicyclic amines) is 1. The van der Waals surface area contributed by atoms with E-state index >= 15 is 0 Å². The predicted molar refractivity (Wildman–Crippen MR) is 114 cm³/mol. The molecule has 1 N–H and O–H groups in total. The van der Waals surface area contributed by atoms with Gasteiger partial charge in [0.05, 0.1) is 26.8 Å². The van der Waals surface area contributed by atoms with Crippen LogP contribution in [0.3, 0.4) is 0 Å². The van der Waals surface area contributed by atoms with E-state index in [2.05, 4.69) is 14.8 Å². The molecule has 1 unspecified atom stereocenters. The van der Waals surface area contributed by atoms with Crippen molar-refractivity contribution in [3.8, 4) is 5.75 Å². The number of methoxy groups -OCH3 is 2. The summed E-state index contributed by atoms with van der Waals surface area (Å²) >= 11 is 0. The third-order valence-electron chi connectivity index (χ3n) is 4.33. The summed E-state index contributed by atoms with van der Waals surface area (Å²) in [5.41, 5.74) is -0.0331. The van der Waals surface area contributed by atoms with Crippen LogP contribution in [0.1, 0.15) is 33.6 Å². The fraction of sp³-hybridized carbons (Fsp3) is 0.500. The average molecular weight is 434 g/mol. The molecule has 0 bridgehead atoms. The Morgan fingerprint density at radius 2 is 1.77 bits per heavy atom. The molecule has 9 heteroatoms. The van der Waals surface area contributed by atoms with Crippen molar-refractivity contribution in [1.82, 2.24) is 4.90 Å². The summed E-state index contributed by atoms with van der Waals surface area (Å²) in [6, 6.07) is 6.89. The Balaban J connectivity index is 1.98. The molecule has 0 aromatic heterocycles. The predicted octanol–water partition coefficient (Wildman–Crippen LogP) is 3.11. The van der Waals surface area contributed by atoms with E-state index in [-0.39, 0.29) is 17.9 Å². The molecule has 0 radical (unpaired) electrons. The number of hydrogen-bond donors (Lipinski definition) is 1. The Hall–Kier alpha value is -3.23. The quantitative estimate of drug-likeness (QED) is 0.414. The Bertz CT molecular complexity index is 812. The van der Waals surface area contributed by atoms with Gasteiger partial charge in [0.15, 0.2) is 0 Å². The monoisotopic (exact) mass is 434 g/mol. The van der Waals surface area contributed by atoms with Crippen LogP contribution in [0.2, 0.25) is 0 Å². The van der Waals surface area contributed by atoms with Gasteiger partial charge in [0.2, 0.25) is 0 Å². The molecule has 1 aliphatic heterocycles. The summed E-state index contributed by atoms with van der Waals surface area (Å²) in [5, 5.41) is 2.83. The van der Waals surface area contributed by atoms with Gasteiger partial charge >= 0.3 is 18.0 Å². The Morgan fingerprint density at radius 1 is 1.10 bits per heavy atom. The first-order valence-corrected chi connectivity index (χ1v) is 10.0. The lowest BCUT2D eigenvalue weighted by molar-refractivity contribution is -0.138. The zero-order valence-corrected chi connectivity index (χ0v) is 18.6. The first-order valence-electron chi connectivity index (χ1n) is 10.0. The van der Waals surface area contributed by atoms with E-state index in [0.717, 1.165) is 18.9 Å². The van der Waals surface area contributed by atoms with E-state index in [0.29, 0.717) is 24.5 Å². The Kier molecular flexibility index (Phi) is 8.30. The van der Waals surface area contributed by atoms with Gasteiger partial charge in [-0.25, -0.2) is 14.4 Å². The minimum atomic E-state index is -0.699. The molecule has 2 rings (SSSR count). The topological polar surface area (TPSA) is 103 Å². The van der Waals surface area contributed by atoms with Gasteiger partial charge in [0.1, 0.15) is 23.2 Å². The number of carbonyl (C=O) groups excluding carboxylic acids is 3. The number of benzene rings is 1. The second-order valence-electron chi connectivity index (χ2n) is 8.03. The largest absolute Gasteiger partial charge is 0.489 e. The number of ether oxygens (including phenoxy) is 4. The van der Waals surface area contributed by atoms with Crippen LogP contribution in [0.4, 0.5) is 10.5 Å². The van der Waals surface area contributed by atoms with E-state index < -0.39 is 17.5 Å². The van der Waals surface area contributed by atoms with Crippen LogP contribution in [-0.2, 0) is 23.8 Å². The standard InChI is InChI=1S/C22H30N2O7/c1-22(2,3)31-21(27)24-12-6-7-17(14-24)30-16-10-8-15(9-11-16)23-18(20(26)29-5)13-19(25)28-4/h8-11,13,17,23H,6-7,12,14H2,1-5H3/b18-13+. The molecule has 0 spiro atoms. The maximum atomic E-state index is 12.3. The number of piperidine rings is 1. The van der Waals surface area contributed by atoms with Gasteiger partial charge in [-0.05, 0) is 57.9 Å². The van der Waals surface area contributed by atoms with Crippen molar-refractivity contribution in [2.75, 3.05) is 32.6 Å². The molecular formula is C22H30N2O7. The highest BCUT2D eigenvalue weighted by atomic mass is 16.6. The highest BCUT2D eigenvalue weighted by Gasteiger charge is 2.28. The smallest absolute Gasteiger partial charge is 0.410 e. The lowest BCUT2D eigenvalue weighted by Gasteiger charge is -2.34. The van der Waals surface area contributed by atoms with Crippen molar-refractivity contribution in [3.63, 3.8) is 0 Å². The van der Waals surface area contributed by atoms with Crippen molar-refractivity contribution in [2.24, 2.45) is 0 Å². The molecule has 1 amide bonds. The third-order valence-corrected chi connectivity index (χ3v) is 4.33. The van der Waals surface area contributed by atoms with Crippen molar-refractivity contribution >= 4 is 23.7 Å². The van der Waals surface area contributed by atoms with E-state index in [1.54, 1.807) is 29.2 Å². The van der Waals surface area contributed by atoms with Gasteiger partial charge in [-0.2, -0.15) is 0 Å². The van der Waals surface area contributed by atoms with Crippen LogP contribution in [0.5, 0.6) is 5.75 Å². The van der Waals surface area contributed by atoms with Crippen LogP contribution in [-0.4, -0.2) is 61.9 Å². The molecule has 9 nitrogen and oxygen atoms in total. The molecule has 1 heterocycles. The molecule has 1 aromatic carbocycles. The van der Waals surface area contributed by atoms with Gasteiger partial charge in [-0.1, -0.05) is 0 Å². The minimum absolute atomic E-state index is 0.0525. The zero-order valence-electron chi connectivity index (χ0n) is 18.6. The molecule has 1 atom stereocenters. The summed E-state index contributed by atoms with van der Waals surface area (Å²) in [7, 11) is 2.44. The first-order chi connectivity index (χ1) is 14.6. The Morgan fingerprint density at radius 3 is 2.35 bits per heavy atom. The lowest BCUT2D eigenvalue weighted by Crippen LogP contribution is -2.46. The molecule has 31 heavy (non-hydrogen) atoms.